The minimum absolute atomic E-state index is 0.237. The van der Waals surface area contributed by atoms with Crippen LogP contribution in [0.4, 0.5) is 23.2 Å². The first-order valence-corrected chi connectivity index (χ1v) is 8.26. The molecule has 0 atom stereocenters. The van der Waals surface area contributed by atoms with Gasteiger partial charge in [-0.15, -0.1) is 0 Å². The smallest absolute Gasteiger partial charge is 0.360 e. The molecule has 1 aromatic heterocycles. The van der Waals surface area contributed by atoms with Crippen LogP contribution in [-0.2, 0) is 6.18 Å². The summed E-state index contributed by atoms with van der Waals surface area (Å²) in [6, 6.07) is 11.9. The van der Waals surface area contributed by atoms with Crippen molar-refractivity contribution in [3.05, 3.63) is 71.1 Å². The van der Waals surface area contributed by atoms with Crippen LogP contribution in [-0.4, -0.2) is 4.98 Å². The predicted octanol–water partition coefficient (Wildman–Crippen LogP) is 6.61. The van der Waals surface area contributed by atoms with Crippen molar-refractivity contribution in [3.63, 3.8) is 0 Å². The molecule has 2 N–H and O–H groups in total. The molecule has 0 unspecified atom stereocenters. The minimum atomic E-state index is -4.71. The summed E-state index contributed by atoms with van der Waals surface area (Å²) in [5.41, 5.74) is 0.694. The minimum Gasteiger partial charge on any atom is -0.360 e. The van der Waals surface area contributed by atoms with Gasteiger partial charge in [0.25, 0.3) is 0 Å². The Morgan fingerprint density at radius 3 is 2.52 bits per heavy atom. The van der Waals surface area contributed by atoms with E-state index in [0.717, 1.165) is 34.2 Å². The number of anilines is 1. The summed E-state index contributed by atoms with van der Waals surface area (Å²) in [6.45, 7) is 0. The molecule has 25 heavy (non-hydrogen) atoms. The molecule has 2 nitrogen and oxygen atoms in total. The van der Waals surface area contributed by atoms with Gasteiger partial charge in [0.05, 0.1) is 5.56 Å². The third-order valence-corrected chi connectivity index (χ3v) is 4.40. The van der Waals surface area contributed by atoms with Crippen molar-refractivity contribution in [1.29, 1.82) is 0 Å². The summed E-state index contributed by atoms with van der Waals surface area (Å²) < 4.78 is 54.0. The number of halogens is 5. The van der Waals surface area contributed by atoms with Crippen LogP contribution in [0.2, 0.25) is 5.02 Å². The van der Waals surface area contributed by atoms with Crippen molar-refractivity contribution in [2.24, 2.45) is 0 Å². The Kier molecular flexibility index (Phi) is 4.96. The molecule has 0 aliphatic heterocycles. The Labute approximate surface area is 150 Å². The summed E-state index contributed by atoms with van der Waals surface area (Å²) in [5, 5.41) is 0.611. The van der Waals surface area contributed by atoms with E-state index in [-0.39, 0.29) is 5.69 Å². The maximum atomic E-state index is 13.5. The Morgan fingerprint density at radius 2 is 1.84 bits per heavy atom. The van der Waals surface area contributed by atoms with E-state index < -0.39 is 17.6 Å². The normalized spacial score (nSPS) is 11.6. The van der Waals surface area contributed by atoms with Gasteiger partial charge in [-0.3, -0.25) is 0 Å². The molecule has 0 saturated carbocycles. The fourth-order valence-corrected chi connectivity index (χ4v) is 3.03. The zero-order valence-electron chi connectivity index (χ0n) is 12.5. The van der Waals surface area contributed by atoms with E-state index in [0.29, 0.717) is 11.1 Å². The molecule has 0 saturated heterocycles. The van der Waals surface area contributed by atoms with Crippen LogP contribution in [0.3, 0.4) is 0 Å². The number of hydrogen-bond donors (Lipinski definition) is 2. The molecule has 0 bridgehead atoms. The van der Waals surface area contributed by atoms with E-state index in [9.17, 15) is 17.6 Å². The monoisotopic (exact) mass is 386 g/mol. The summed E-state index contributed by atoms with van der Waals surface area (Å²) in [4.78, 5) is 3.87. The van der Waals surface area contributed by atoms with Crippen LogP contribution in [0.5, 0.6) is 0 Å². The SMILES string of the molecule is Fc1cc(NSc2c[nH]c(-c3cccc(Cl)c3)c2)ccc1C(F)(F)F. The Hall–Kier alpha value is -2.12. The van der Waals surface area contributed by atoms with Gasteiger partial charge in [-0.2, -0.15) is 13.2 Å². The highest BCUT2D eigenvalue weighted by Crippen LogP contribution is 2.33. The van der Waals surface area contributed by atoms with Crippen molar-refractivity contribution in [3.8, 4) is 11.3 Å². The number of alkyl halides is 3. The van der Waals surface area contributed by atoms with Crippen LogP contribution in [0.25, 0.3) is 11.3 Å². The predicted molar refractivity (Wildman–Crippen MR) is 92.1 cm³/mol. The molecule has 8 heteroatoms. The lowest BCUT2D eigenvalue weighted by molar-refractivity contribution is -0.139. The summed E-state index contributed by atoms with van der Waals surface area (Å²) in [7, 11) is 0. The Bertz CT molecular complexity index is 892. The lowest BCUT2D eigenvalue weighted by Gasteiger charge is -2.10. The standard InChI is InChI=1S/C17H11ClF4N2S/c18-11-3-1-2-10(6-11)16-8-13(9-23-16)25-24-12-4-5-14(15(19)7-12)17(20,21)22/h1-9,23-24H. The molecule has 1 heterocycles. The van der Waals surface area contributed by atoms with E-state index in [1.54, 1.807) is 18.3 Å². The zero-order chi connectivity index (χ0) is 18.0. The van der Waals surface area contributed by atoms with Gasteiger partial charge in [-0.25, -0.2) is 4.39 Å². The molecular formula is C17H11ClF4N2S. The molecule has 0 spiro atoms. The highest BCUT2D eigenvalue weighted by molar-refractivity contribution is 8.00. The van der Waals surface area contributed by atoms with Crippen LogP contribution >= 0.6 is 23.5 Å². The maximum Gasteiger partial charge on any atom is 0.419 e. The molecule has 0 radical (unpaired) electrons. The third-order valence-electron chi connectivity index (χ3n) is 3.35. The largest absolute Gasteiger partial charge is 0.419 e. The Balaban J connectivity index is 1.69. The molecule has 130 valence electrons. The number of nitrogens with one attached hydrogen (secondary N) is 2. The highest BCUT2D eigenvalue weighted by Gasteiger charge is 2.33. The molecule has 0 aliphatic rings. The van der Waals surface area contributed by atoms with Gasteiger partial charge < -0.3 is 9.71 Å². The van der Waals surface area contributed by atoms with Crippen molar-refractivity contribution < 1.29 is 17.6 Å². The first-order valence-electron chi connectivity index (χ1n) is 7.07. The first kappa shape index (κ1) is 17.7. The summed E-state index contributed by atoms with van der Waals surface area (Å²) in [5.74, 6) is -1.31. The van der Waals surface area contributed by atoms with Crippen molar-refractivity contribution in [1.82, 2.24) is 4.98 Å². The van der Waals surface area contributed by atoms with Crippen LogP contribution in [0.1, 0.15) is 5.56 Å². The van der Waals surface area contributed by atoms with Gasteiger partial charge in [-0.1, -0.05) is 23.7 Å². The molecule has 3 aromatic rings. The molecule has 2 aromatic carbocycles. The van der Waals surface area contributed by atoms with Gasteiger partial charge >= 0.3 is 6.18 Å². The second-order valence-electron chi connectivity index (χ2n) is 5.16. The number of aromatic nitrogens is 1. The van der Waals surface area contributed by atoms with Crippen LogP contribution in [0.15, 0.2) is 59.6 Å². The van der Waals surface area contributed by atoms with Crippen LogP contribution in [0, 0.1) is 5.82 Å². The van der Waals surface area contributed by atoms with E-state index in [4.69, 9.17) is 11.6 Å². The van der Waals surface area contributed by atoms with Gasteiger partial charge in [0.1, 0.15) is 5.82 Å². The lowest BCUT2D eigenvalue weighted by atomic mass is 10.2. The van der Waals surface area contributed by atoms with Gasteiger partial charge in [0.2, 0.25) is 0 Å². The van der Waals surface area contributed by atoms with E-state index in [2.05, 4.69) is 9.71 Å². The lowest BCUT2D eigenvalue weighted by Crippen LogP contribution is -2.08. The van der Waals surface area contributed by atoms with Crippen molar-refractivity contribution in [2.75, 3.05) is 4.72 Å². The second kappa shape index (κ2) is 7.01. The number of benzene rings is 2. The number of rotatable bonds is 4. The molecule has 3 rings (SSSR count). The fourth-order valence-electron chi connectivity index (χ4n) is 2.18. The van der Waals surface area contributed by atoms with Gasteiger partial charge in [0.15, 0.2) is 0 Å². The molecule has 0 aliphatic carbocycles. The highest BCUT2D eigenvalue weighted by atomic mass is 35.5. The van der Waals surface area contributed by atoms with E-state index in [1.807, 2.05) is 18.2 Å². The quantitative estimate of drug-likeness (QED) is 0.390. The van der Waals surface area contributed by atoms with E-state index >= 15 is 0 Å². The second-order valence-corrected chi connectivity index (χ2v) is 6.47. The molecular weight excluding hydrogens is 376 g/mol. The number of H-pyrrole nitrogens is 1. The van der Waals surface area contributed by atoms with E-state index in [1.165, 1.54) is 6.07 Å². The maximum absolute atomic E-state index is 13.5. The number of aromatic amines is 1. The van der Waals surface area contributed by atoms with Crippen molar-refractivity contribution in [2.45, 2.75) is 11.1 Å². The van der Waals surface area contributed by atoms with Gasteiger partial charge in [-0.05, 0) is 53.9 Å². The summed E-state index contributed by atoms with van der Waals surface area (Å²) >= 11 is 7.11. The van der Waals surface area contributed by atoms with Crippen molar-refractivity contribution >= 4 is 29.2 Å². The number of hydrogen-bond acceptors (Lipinski definition) is 2. The fraction of sp³-hybridized carbons (Fsp3) is 0.0588. The Morgan fingerprint density at radius 1 is 1.04 bits per heavy atom. The van der Waals surface area contributed by atoms with Gasteiger partial charge in [0, 0.05) is 27.5 Å². The average Bonchev–Trinajstić information content (AvgIpc) is 3.01. The third kappa shape index (κ3) is 4.29. The summed E-state index contributed by atoms with van der Waals surface area (Å²) in [6.07, 6.45) is -2.98. The topological polar surface area (TPSA) is 27.8 Å². The molecule has 0 fully saturated rings. The molecule has 0 amide bonds. The zero-order valence-corrected chi connectivity index (χ0v) is 14.1. The average molecular weight is 387 g/mol. The first-order chi connectivity index (χ1) is 11.8. The van der Waals surface area contributed by atoms with Crippen LogP contribution < -0.4 is 4.72 Å².